The fourth-order valence-electron chi connectivity index (χ4n) is 2.81. The van der Waals surface area contributed by atoms with E-state index < -0.39 is 10.0 Å². The smallest absolute Gasteiger partial charge is 0.220 e. The fourth-order valence-corrected chi connectivity index (χ4v) is 4.23. The van der Waals surface area contributed by atoms with Gasteiger partial charge in [0.25, 0.3) is 0 Å². The Hall–Kier alpha value is -2.59. The molecule has 1 aliphatic rings. The van der Waals surface area contributed by atoms with Crippen LogP contribution in [0.3, 0.4) is 0 Å². The third-order valence-electron chi connectivity index (χ3n) is 4.09. The van der Waals surface area contributed by atoms with Gasteiger partial charge >= 0.3 is 0 Å². The van der Waals surface area contributed by atoms with Crippen molar-refractivity contribution in [2.75, 3.05) is 31.1 Å². The normalized spacial score (nSPS) is 16.4. The van der Waals surface area contributed by atoms with Gasteiger partial charge in [0.1, 0.15) is 23.4 Å². The molecular weight excluding hydrogens is 344 g/mol. The number of anilines is 1. The van der Waals surface area contributed by atoms with Crippen LogP contribution in [0.1, 0.15) is 5.69 Å². The van der Waals surface area contributed by atoms with Crippen molar-refractivity contribution in [2.24, 2.45) is 0 Å². The number of hydrogen-bond donors (Lipinski definition) is 0. The minimum Gasteiger partial charge on any atom is -0.364 e. The molecular formula is C15H16N6O3S. The van der Waals surface area contributed by atoms with E-state index in [9.17, 15) is 8.42 Å². The summed E-state index contributed by atoms with van der Waals surface area (Å²) in [5.41, 5.74) is 1.73. The van der Waals surface area contributed by atoms with Crippen LogP contribution >= 0.6 is 0 Å². The highest BCUT2D eigenvalue weighted by Gasteiger charge is 2.28. The van der Waals surface area contributed by atoms with Crippen molar-refractivity contribution in [1.82, 2.24) is 24.4 Å². The van der Waals surface area contributed by atoms with Crippen LogP contribution in [0.25, 0.3) is 11.2 Å². The molecule has 1 fully saturated rings. The third-order valence-corrected chi connectivity index (χ3v) is 5.91. The summed E-state index contributed by atoms with van der Waals surface area (Å²) < 4.78 is 31.1. The second-order valence-electron chi connectivity index (χ2n) is 5.70. The number of piperazine rings is 1. The summed E-state index contributed by atoms with van der Waals surface area (Å²) in [6, 6.07) is 5.32. The van der Waals surface area contributed by atoms with Gasteiger partial charge in [-0.1, -0.05) is 5.16 Å². The first-order valence-corrected chi connectivity index (χ1v) is 9.42. The summed E-state index contributed by atoms with van der Waals surface area (Å²) in [5.74, 6) is 0.634. The Morgan fingerprint density at radius 2 is 1.84 bits per heavy atom. The zero-order valence-corrected chi connectivity index (χ0v) is 14.1. The minimum absolute atomic E-state index is 0.146. The van der Waals surface area contributed by atoms with Crippen molar-refractivity contribution in [1.29, 1.82) is 0 Å². The molecule has 0 N–H and O–H groups in total. The lowest BCUT2D eigenvalue weighted by Gasteiger charge is -2.34. The van der Waals surface area contributed by atoms with E-state index in [1.165, 1.54) is 10.6 Å². The molecule has 1 aliphatic heterocycles. The zero-order valence-electron chi connectivity index (χ0n) is 13.3. The van der Waals surface area contributed by atoms with E-state index in [0.29, 0.717) is 37.5 Å². The number of nitrogens with zero attached hydrogens (tertiary/aromatic N) is 6. The molecule has 4 heterocycles. The second kappa shape index (κ2) is 6.37. The Morgan fingerprint density at radius 1 is 1.04 bits per heavy atom. The average molecular weight is 360 g/mol. The molecule has 0 bridgehead atoms. The molecule has 0 radical (unpaired) electrons. The van der Waals surface area contributed by atoms with Gasteiger partial charge in [0.05, 0.1) is 5.69 Å². The highest BCUT2D eigenvalue weighted by atomic mass is 32.2. The lowest BCUT2D eigenvalue weighted by atomic mass is 10.3. The monoisotopic (exact) mass is 360 g/mol. The Labute approximate surface area is 144 Å². The zero-order chi connectivity index (χ0) is 17.3. The van der Waals surface area contributed by atoms with Gasteiger partial charge in [-0.15, -0.1) is 0 Å². The summed E-state index contributed by atoms with van der Waals surface area (Å²) in [6.45, 7) is 1.94. The van der Waals surface area contributed by atoms with Crippen molar-refractivity contribution < 1.29 is 12.9 Å². The van der Waals surface area contributed by atoms with Crippen LogP contribution in [0, 0.1) is 0 Å². The van der Waals surface area contributed by atoms with Crippen molar-refractivity contribution in [3.63, 3.8) is 0 Å². The molecule has 130 valence electrons. The summed E-state index contributed by atoms with van der Waals surface area (Å²) >= 11 is 0. The van der Waals surface area contributed by atoms with Gasteiger partial charge in [0, 0.05) is 44.6 Å². The van der Waals surface area contributed by atoms with Crippen LogP contribution in [-0.2, 0) is 15.8 Å². The second-order valence-corrected chi connectivity index (χ2v) is 7.67. The van der Waals surface area contributed by atoms with Gasteiger partial charge < -0.3 is 9.42 Å². The molecule has 0 aliphatic carbocycles. The van der Waals surface area contributed by atoms with E-state index in [0.717, 1.165) is 11.3 Å². The molecule has 0 amide bonds. The van der Waals surface area contributed by atoms with Crippen LogP contribution in [0.4, 0.5) is 5.82 Å². The molecule has 1 saturated heterocycles. The average Bonchev–Trinajstić information content (AvgIpc) is 3.14. The molecule has 4 rings (SSSR count). The van der Waals surface area contributed by atoms with E-state index in [4.69, 9.17) is 4.52 Å². The highest BCUT2D eigenvalue weighted by molar-refractivity contribution is 7.88. The van der Waals surface area contributed by atoms with E-state index in [-0.39, 0.29) is 5.75 Å². The molecule has 0 atom stereocenters. The van der Waals surface area contributed by atoms with Crippen LogP contribution < -0.4 is 4.90 Å². The van der Waals surface area contributed by atoms with Gasteiger partial charge in [-0.2, -0.15) is 4.31 Å². The lowest BCUT2D eigenvalue weighted by Crippen LogP contribution is -2.49. The van der Waals surface area contributed by atoms with Crippen LogP contribution in [0.5, 0.6) is 0 Å². The Morgan fingerprint density at radius 3 is 2.60 bits per heavy atom. The van der Waals surface area contributed by atoms with Gasteiger partial charge in [-0.3, -0.25) is 4.98 Å². The van der Waals surface area contributed by atoms with Crippen molar-refractivity contribution in [3.05, 3.63) is 42.5 Å². The largest absolute Gasteiger partial charge is 0.364 e. The number of hydrogen-bond acceptors (Lipinski definition) is 8. The standard InChI is InChI=1S/C15H16N6O3S/c22-25(23,11-12-3-10-24-19-12)21-8-6-20(7-9-21)14-2-1-13-15(18-14)17-5-4-16-13/h1-5,10H,6-9,11H2. The van der Waals surface area contributed by atoms with Crippen LogP contribution in [0.15, 0.2) is 41.4 Å². The van der Waals surface area contributed by atoms with E-state index in [1.807, 2.05) is 12.1 Å². The summed E-state index contributed by atoms with van der Waals surface area (Å²) in [5, 5.41) is 3.67. The number of pyridine rings is 1. The molecule has 0 unspecified atom stereocenters. The Balaban J connectivity index is 1.45. The summed E-state index contributed by atoms with van der Waals surface area (Å²) in [6.07, 6.45) is 4.60. The summed E-state index contributed by atoms with van der Waals surface area (Å²) in [7, 11) is -3.41. The topological polar surface area (TPSA) is 105 Å². The van der Waals surface area contributed by atoms with E-state index >= 15 is 0 Å². The van der Waals surface area contributed by atoms with Gasteiger partial charge in [-0.25, -0.2) is 18.4 Å². The maximum Gasteiger partial charge on any atom is 0.220 e. The van der Waals surface area contributed by atoms with Gasteiger partial charge in [0.2, 0.25) is 10.0 Å². The van der Waals surface area contributed by atoms with Gasteiger partial charge in [-0.05, 0) is 12.1 Å². The third kappa shape index (κ3) is 3.30. The van der Waals surface area contributed by atoms with Crippen molar-refractivity contribution in [3.8, 4) is 0 Å². The van der Waals surface area contributed by atoms with E-state index in [2.05, 4.69) is 25.0 Å². The molecule has 25 heavy (non-hydrogen) atoms. The molecule has 3 aromatic heterocycles. The molecule has 0 saturated carbocycles. The quantitative estimate of drug-likeness (QED) is 0.668. The Bertz CT molecular complexity index is 968. The molecule has 10 heteroatoms. The Kier molecular flexibility index (Phi) is 4.06. The van der Waals surface area contributed by atoms with E-state index in [1.54, 1.807) is 18.5 Å². The molecule has 9 nitrogen and oxygen atoms in total. The highest BCUT2D eigenvalue weighted by Crippen LogP contribution is 2.19. The van der Waals surface area contributed by atoms with Crippen LogP contribution in [0.2, 0.25) is 0 Å². The number of fused-ring (bicyclic) bond motifs is 1. The fraction of sp³-hybridized carbons (Fsp3) is 0.333. The first-order valence-electron chi connectivity index (χ1n) is 7.82. The summed E-state index contributed by atoms with van der Waals surface area (Å²) in [4.78, 5) is 15.0. The van der Waals surface area contributed by atoms with Crippen molar-refractivity contribution in [2.45, 2.75) is 5.75 Å². The molecule has 3 aromatic rings. The van der Waals surface area contributed by atoms with Crippen molar-refractivity contribution >= 4 is 27.0 Å². The number of aromatic nitrogens is 4. The lowest BCUT2D eigenvalue weighted by molar-refractivity contribution is 0.380. The first kappa shape index (κ1) is 15.9. The van der Waals surface area contributed by atoms with Gasteiger partial charge in [0.15, 0.2) is 5.65 Å². The SMILES string of the molecule is O=S(=O)(Cc1ccon1)N1CCN(c2ccc3nccnc3n2)CC1. The minimum atomic E-state index is -3.41. The number of rotatable bonds is 4. The molecule has 0 spiro atoms. The first-order chi connectivity index (χ1) is 12.1. The maximum atomic E-state index is 12.5. The predicted molar refractivity (Wildman–Crippen MR) is 90.2 cm³/mol. The van der Waals surface area contributed by atoms with Crippen LogP contribution in [-0.4, -0.2) is 59.0 Å². The molecule has 0 aromatic carbocycles. The number of sulfonamides is 1. The maximum absolute atomic E-state index is 12.5. The predicted octanol–water partition coefficient (Wildman–Crippen LogP) is 0.665.